The van der Waals surface area contributed by atoms with Crippen molar-refractivity contribution in [3.63, 3.8) is 0 Å². The van der Waals surface area contributed by atoms with Crippen molar-refractivity contribution in [1.82, 2.24) is 0 Å². The molecule has 5 nitrogen and oxygen atoms in total. The first kappa shape index (κ1) is 48.7. The van der Waals surface area contributed by atoms with Gasteiger partial charge in [-0.25, -0.2) is 0 Å². The molecule has 10 aromatic rings. The molecule has 0 saturated heterocycles. The van der Waals surface area contributed by atoms with Crippen molar-refractivity contribution in [3.8, 4) is 56.0 Å². The van der Waals surface area contributed by atoms with Gasteiger partial charge in [-0.1, -0.05) is 0 Å². The van der Waals surface area contributed by atoms with E-state index < -0.39 is 17.6 Å². The summed E-state index contributed by atoms with van der Waals surface area (Å²) < 4.78 is 9.61. The third-order valence-corrected chi connectivity index (χ3v) is 19.7. The van der Waals surface area contributed by atoms with Crippen molar-refractivity contribution in [2.75, 3.05) is 19.6 Å². The number of benzene rings is 10. The molecule has 16 bridgehead atoms. The second-order valence-corrected chi connectivity index (χ2v) is 26.5. The minimum atomic E-state index is -1.30. The molecule has 394 valence electrons. The number of para-hydroxylation sites is 6. The molecule has 0 fully saturated rings. The van der Waals surface area contributed by atoms with E-state index in [1.165, 1.54) is 75.1 Å². The molecule has 0 atom stereocenters. The molecule has 0 aliphatic carbocycles. The van der Waals surface area contributed by atoms with Crippen LogP contribution in [0.5, 0.6) is 11.5 Å². The van der Waals surface area contributed by atoms with Crippen molar-refractivity contribution in [2.45, 2.75) is 78.1 Å². The summed E-state index contributed by atoms with van der Waals surface area (Å²) in [6, 6.07) is 86.7. The first-order valence-electron chi connectivity index (χ1n) is 28.1. The average molecular weight is 1220 g/mol. The molecule has 19 rings (SSSR count). The van der Waals surface area contributed by atoms with Crippen molar-refractivity contribution in [1.29, 1.82) is 0 Å². The Bertz CT molecular complexity index is 3810. The summed E-state index contributed by atoms with van der Waals surface area (Å²) in [5.41, 5.74) is 25.2. The van der Waals surface area contributed by atoms with E-state index in [1.807, 2.05) is 0 Å². The maximum atomic E-state index is 7.25. The fourth-order valence-electron chi connectivity index (χ4n) is 12.2. The molecular weight excluding hydrogens is 1160 g/mol. The van der Waals surface area contributed by atoms with Gasteiger partial charge in [-0.3, -0.25) is 0 Å². The molecule has 0 saturated carbocycles. The maximum absolute atomic E-state index is 7.25. The van der Waals surface area contributed by atoms with Crippen LogP contribution in [-0.2, 0) is 54.2 Å². The molecule has 80 heavy (non-hydrogen) atoms. The van der Waals surface area contributed by atoms with Crippen LogP contribution in [0.4, 0.5) is 45.5 Å². The van der Waals surface area contributed by atoms with Crippen molar-refractivity contribution < 1.29 is 22.4 Å². The van der Waals surface area contributed by atoms with E-state index in [2.05, 4.69) is 280 Å². The predicted molar refractivity (Wildman–Crippen MR) is 329 cm³/mol. The number of ether oxygens (including phenoxy) is 1. The van der Waals surface area contributed by atoms with Crippen LogP contribution in [-0.4, -0.2) is 8.29 Å². The molecule has 9 aliphatic rings. The van der Waals surface area contributed by atoms with Crippen LogP contribution in [0.1, 0.15) is 74.9 Å². The molecule has 0 amide bonds. The van der Waals surface area contributed by atoms with Crippen LogP contribution in [0.3, 0.4) is 0 Å². The van der Waals surface area contributed by atoms with Gasteiger partial charge in [0.15, 0.2) is 0 Å². The SMILES string of the molecule is CC(C)(C)c1cc2[c-]c(c1)N1[C]3=[Pt]=[C]4N(c5[c-]c(cc(C(C)(C)C)c5)O2)c2ccccc2N4c2c4cccc2-c2ccc(cc2)CCc2ccc(cc2)-c2cccc(c2N3c2ccccc21)-c1ccc(cc1)CCc1ccc-4cc1. The monoisotopic (exact) mass is 1220 g/mol. The van der Waals surface area contributed by atoms with Crippen molar-refractivity contribution in [3.05, 3.63) is 252 Å². The first-order valence-corrected chi connectivity index (χ1v) is 30.3. The normalized spacial score (nSPS) is 14.9. The zero-order chi connectivity index (χ0) is 54.0. The summed E-state index contributed by atoms with van der Waals surface area (Å²) in [6.45, 7) is 13.8. The second kappa shape index (κ2) is 18.6. The fraction of sp³-hybridized carbons (Fsp3) is 0.162. The number of hydrogen-bond donors (Lipinski definition) is 0. The second-order valence-electron chi connectivity index (χ2n) is 23.9. The summed E-state index contributed by atoms with van der Waals surface area (Å²) in [5, 5.41) is 0. The van der Waals surface area contributed by atoms with Crippen LogP contribution in [0, 0.1) is 12.1 Å². The Morgan fingerprint density at radius 2 is 0.650 bits per heavy atom. The quantitative estimate of drug-likeness (QED) is 0.141. The van der Waals surface area contributed by atoms with Gasteiger partial charge in [0.05, 0.1) is 0 Å². The molecule has 9 heterocycles. The molecular formula is C74H60N4OPt-2. The molecule has 6 heteroatoms. The predicted octanol–water partition coefficient (Wildman–Crippen LogP) is 18.4. The summed E-state index contributed by atoms with van der Waals surface area (Å²) >= 11 is -1.30. The molecule has 0 radical (unpaired) electrons. The third-order valence-electron chi connectivity index (χ3n) is 16.6. The van der Waals surface area contributed by atoms with E-state index >= 15 is 0 Å². The van der Waals surface area contributed by atoms with Gasteiger partial charge < -0.3 is 0 Å². The van der Waals surface area contributed by atoms with Gasteiger partial charge in [0, 0.05) is 0 Å². The average Bonchev–Trinajstić information content (AvgIpc) is 3.86. The Kier molecular flexibility index (Phi) is 11.3. The summed E-state index contributed by atoms with van der Waals surface area (Å²) in [5.74, 6) is 1.32. The van der Waals surface area contributed by atoms with Crippen LogP contribution in [0.25, 0.3) is 44.5 Å². The minimum absolute atomic E-state index is 0.220. The number of nitrogens with zero attached hydrogens (tertiary/aromatic N) is 4. The molecule has 0 N–H and O–H groups in total. The number of hydrogen-bond acceptors (Lipinski definition) is 5. The molecule has 10 aromatic carbocycles. The topological polar surface area (TPSA) is 22.2 Å². The van der Waals surface area contributed by atoms with E-state index in [0.717, 1.165) is 82.3 Å². The number of fused-ring (bicyclic) bond motifs is 14. The Hall–Kier alpha value is -8.37. The first-order chi connectivity index (χ1) is 38.9. The number of aryl methyl sites for hydroxylation is 4. The van der Waals surface area contributed by atoms with Crippen LogP contribution >= 0.6 is 0 Å². The van der Waals surface area contributed by atoms with E-state index in [4.69, 9.17) is 4.74 Å². The zero-order valence-electron chi connectivity index (χ0n) is 46.0. The molecule has 0 spiro atoms. The van der Waals surface area contributed by atoms with Gasteiger partial charge in [-0.05, 0) is 0 Å². The molecule has 9 aliphatic heterocycles. The van der Waals surface area contributed by atoms with Gasteiger partial charge in [0.25, 0.3) is 0 Å². The van der Waals surface area contributed by atoms with Crippen LogP contribution < -0.4 is 24.3 Å². The van der Waals surface area contributed by atoms with E-state index in [0.29, 0.717) is 11.5 Å². The Morgan fingerprint density at radius 3 is 0.950 bits per heavy atom. The van der Waals surface area contributed by atoms with E-state index in [1.54, 1.807) is 0 Å². The summed E-state index contributed by atoms with van der Waals surface area (Å²) in [6.07, 6.45) is 3.76. The number of anilines is 8. The van der Waals surface area contributed by atoms with Crippen molar-refractivity contribution >= 4 is 53.8 Å². The van der Waals surface area contributed by atoms with Crippen LogP contribution in [0.15, 0.2) is 206 Å². The molecule has 0 unspecified atom stereocenters. The Morgan fingerprint density at radius 1 is 0.350 bits per heavy atom. The van der Waals surface area contributed by atoms with E-state index in [-0.39, 0.29) is 10.8 Å². The van der Waals surface area contributed by atoms with Gasteiger partial charge in [-0.15, -0.1) is 0 Å². The van der Waals surface area contributed by atoms with Crippen molar-refractivity contribution in [2.24, 2.45) is 0 Å². The van der Waals surface area contributed by atoms with Gasteiger partial charge in [0.1, 0.15) is 0 Å². The summed E-state index contributed by atoms with van der Waals surface area (Å²) in [7, 11) is 0. The third kappa shape index (κ3) is 8.23. The Balaban J connectivity index is 1.18. The molecule has 0 aromatic heterocycles. The number of rotatable bonds is 0. The van der Waals surface area contributed by atoms with Crippen LogP contribution in [0.2, 0.25) is 0 Å². The van der Waals surface area contributed by atoms with Gasteiger partial charge in [-0.2, -0.15) is 0 Å². The van der Waals surface area contributed by atoms with E-state index in [9.17, 15) is 0 Å². The van der Waals surface area contributed by atoms with Gasteiger partial charge in [0.2, 0.25) is 0 Å². The zero-order valence-corrected chi connectivity index (χ0v) is 48.2. The van der Waals surface area contributed by atoms with Gasteiger partial charge >= 0.3 is 482 Å². The standard InChI is InChI=1S/C74H60N4O.Pt/c1-73(2,3)57-41-59-45-61(43-57)79-62-44-58(74(4,5)6)42-60(46-62)76-48-78(70-20-10-8-18-68(70)76)72-65-15-12-16-66(72)56-39-31-52(32-40-56)24-22-50-27-35-54(36-28-50)64-14-11-13-63(71(64)77-47-75(59)67-17-7-9-19-69(67)77)53-33-25-49(26-34-53)21-23-51-29-37-55(65)38-30-51;/h7-20,25-44H,21-24H2,1-6H3;/q-2;. The fourth-order valence-corrected chi connectivity index (χ4v) is 15.8. The Labute approximate surface area is 478 Å². The summed E-state index contributed by atoms with van der Waals surface area (Å²) in [4.78, 5) is 10.4.